The Morgan fingerprint density at radius 1 is 1.38 bits per heavy atom. The molecule has 1 aromatic heterocycles. The van der Waals surface area contributed by atoms with Crippen LogP contribution in [0.25, 0.3) is 10.9 Å². The number of benzene rings is 1. The van der Waals surface area contributed by atoms with Crippen LogP contribution >= 0.6 is 0 Å². The Morgan fingerprint density at radius 2 is 2.19 bits per heavy atom. The fraction of sp³-hybridized carbons (Fsp3) is 0.375. The number of carbonyl (C=O) groups is 1. The minimum absolute atomic E-state index is 0.0173. The minimum atomic E-state index is -0.607. The van der Waals surface area contributed by atoms with Crippen LogP contribution in [-0.4, -0.2) is 24.2 Å². The Labute approximate surface area is 121 Å². The molecule has 21 heavy (non-hydrogen) atoms. The molecule has 0 atom stereocenters. The van der Waals surface area contributed by atoms with Crippen LogP contribution in [0.2, 0.25) is 0 Å². The summed E-state index contributed by atoms with van der Waals surface area (Å²) in [6, 6.07) is 5.29. The number of hydrogen-bond acceptors (Lipinski definition) is 4. The maximum Gasteiger partial charge on any atom is 0.343 e. The predicted octanol–water partition coefficient (Wildman–Crippen LogP) is 2.49. The van der Waals surface area contributed by atoms with Crippen molar-refractivity contribution in [1.82, 2.24) is 4.98 Å². The van der Waals surface area contributed by atoms with Crippen molar-refractivity contribution in [3.05, 3.63) is 40.2 Å². The number of esters is 1. The van der Waals surface area contributed by atoms with Gasteiger partial charge in [-0.15, -0.1) is 0 Å². The number of carbonyl (C=O) groups excluding carboxylic acids is 1. The van der Waals surface area contributed by atoms with E-state index in [0.29, 0.717) is 29.2 Å². The third kappa shape index (κ3) is 2.91. The molecule has 5 nitrogen and oxygen atoms in total. The van der Waals surface area contributed by atoms with Gasteiger partial charge in [-0.05, 0) is 43.9 Å². The first-order valence-corrected chi connectivity index (χ1v) is 7.14. The van der Waals surface area contributed by atoms with E-state index in [9.17, 15) is 9.59 Å². The number of aromatic nitrogens is 1. The summed E-state index contributed by atoms with van der Waals surface area (Å²) in [6.07, 6.45) is 3.82. The summed E-state index contributed by atoms with van der Waals surface area (Å²) < 4.78 is 10.6. The SMILES string of the molecule is CCOC(=O)c1c[nH]c2ccc(OCC3CC3)cc2c1=O. The predicted molar refractivity (Wildman–Crippen MR) is 78.7 cm³/mol. The highest BCUT2D eigenvalue weighted by Crippen LogP contribution is 2.29. The molecular weight excluding hydrogens is 270 g/mol. The largest absolute Gasteiger partial charge is 0.493 e. The number of nitrogens with one attached hydrogen (secondary N) is 1. The van der Waals surface area contributed by atoms with Crippen LogP contribution < -0.4 is 10.2 Å². The average molecular weight is 287 g/mol. The van der Waals surface area contributed by atoms with E-state index in [2.05, 4.69) is 4.98 Å². The summed E-state index contributed by atoms with van der Waals surface area (Å²) in [4.78, 5) is 27.1. The van der Waals surface area contributed by atoms with Gasteiger partial charge in [-0.1, -0.05) is 0 Å². The van der Waals surface area contributed by atoms with E-state index in [1.807, 2.05) is 6.07 Å². The molecule has 0 bridgehead atoms. The summed E-state index contributed by atoms with van der Waals surface area (Å²) >= 11 is 0. The van der Waals surface area contributed by atoms with Gasteiger partial charge in [-0.3, -0.25) is 4.79 Å². The first kappa shape index (κ1) is 13.7. The van der Waals surface area contributed by atoms with Crippen LogP contribution in [0.1, 0.15) is 30.1 Å². The average Bonchev–Trinajstić information content (AvgIpc) is 3.30. The van der Waals surface area contributed by atoms with Gasteiger partial charge in [0.1, 0.15) is 11.3 Å². The number of rotatable bonds is 5. The molecule has 1 saturated carbocycles. The number of pyridine rings is 1. The lowest BCUT2D eigenvalue weighted by molar-refractivity contribution is 0.0524. The monoisotopic (exact) mass is 287 g/mol. The van der Waals surface area contributed by atoms with Crippen LogP contribution in [0.5, 0.6) is 5.75 Å². The molecule has 2 aromatic rings. The first-order chi connectivity index (χ1) is 10.2. The Hall–Kier alpha value is -2.30. The summed E-state index contributed by atoms with van der Waals surface area (Å²) in [5.41, 5.74) is 0.356. The van der Waals surface area contributed by atoms with Gasteiger partial charge >= 0.3 is 5.97 Å². The van der Waals surface area contributed by atoms with E-state index in [0.717, 1.165) is 0 Å². The number of fused-ring (bicyclic) bond motifs is 1. The number of aromatic amines is 1. The van der Waals surface area contributed by atoms with E-state index >= 15 is 0 Å². The van der Waals surface area contributed by atoms with Gasteiger partial charge in [0.15, 0.2) is 0 Å². The lowest BCUT2D eigenvalue weighted by Crippen LogP contribution is -2.18. The molecule has 5 heteroatoms. The third-order valence-electron chi connectivity index (χ3n) is 3.53. The lowest BCUT2D eigenvalue weighted by Gasteiger charge is -2.07. The molecule has 0 amide bonds. The van der Waals surface area contributed by atoms with Crippen LogP contribution in [0.3, 0.4) is 0 Å². The van der Waals surface area contributed by atoms with Gasteiger partial charge in [-0.25, -0.2) is 4.79 Å². The second-order valence-electron chi connectivity index (χ2n) is 5.21. The fourth-order valence-corrected chi connectivity index (χ4v) is 2.15. The summed E-state index contributed by atoms with van der Waals surface area (Å²) in [6.45, 7) is 2.62. The van der Waals surface area contributed by atoms with Gasteiger partial charge < -0.3 is 14.5 Å². The van der Waals surface area contributed by atoms with Gasteiger partial charge in [0.05, 0.1) is 18.6 Å². The molecule has 110 valence electrons. The van der Waals surface area contributed by atoms with Crippen LogP contribution in [0.4, 0.5) is 0 Å². The summed E-state index contributed by atoms with van der Waals surface area (Å²) in [5, 5.41) is 0.439. The molecule has 1 heterocycles. The Bertz CT molecular complexity index is 731. The van der Waals surface area contributed by atoms with Crippen LogP contribution in [0.15, 0.2) is 29.2 Å². The van der Waals surface area contributed by atoms with Gasteiger partial charge in [0.2, 0.25) is 5.43 Å². The number of ether oxygens (including phenoxy) is 2. The number of H-pyrrole nitrogens is 1. The molecule has 0 aliphatic heterocycles. The molecular formula is C16H17NO4. The zero-order valence-electron chi connectivity index (χ0n) is 11.8. The second kappa shape index (κ2) is 5.60. The minimum Gasteiger partial charge on any atom is -0.493 e. The van der Waals surface area contributed by atoms with Crippen molar-refractivity contribution in [2.24, 2.45) is 5.92 Å². The van der Waals surface area contributed by atoms with Gasteiger partial charge in [0.25, 0.3) is 0 Å². The topological polar surface area (TPSA) is 68.4 Å². The van der Waals surface area contributed by atoms with Crippen molar-refractivity contribution in [3.63, 3.8) is 0 Å². The van der Waals surface area contributed by atoms with Crippen LogP contribution in [-0.2, 0) is 4.74 Å². The normalized spacial score (nSPS) is 14.1. The Morgan fingerprint density at radius 3 is 2.90 bits per heavy atom. The Kier molecular flexibility index (Phi) is 3.64. The number of hydrogen-bond donors (Lipinski definition) is 1. The molecule has 1 N–H and O–H groups in total. The molecule has 0 radical (unpaired) electrons. The standard InChI is InChI=1S/C16H17NO4/c1-2-20-16(19)13-8-17-14-6-5-11(7-12(14)15(13)18)21-9-10-3-4-10/h5-8,10H,2-4,9H2,1H3,(H,17,18). The quantitative estimate of drug-likeness (QED) is 0.858. The molecule has 0 unspecified atom stereocenters. The third-order valence-corrected chi connectivity index (χ3v) is 3.53. The second-order valence-corrected chi connectivity index (χ2v) is 5.21. The fourth-order valence-electron chi connectivity index (χ4n) is 2.15. The van der Waals surface area contributed by atoms with E-state index < -0.39 is 5.97 Å². The highest BCUT2D eigenvalue weighted by molar-refractivity contribution is 5.93. The van der Waals surface area contributed by atoms with Gasteiger partial charge in [0, 0.05) is 11.7 Å². The van der Waals surface area contributed by atoms with E-state index in [4.69, 9.17) is 9.47 Å². The molecule has 1 aromatic carbocycles. The first-order valence-electron chi connectivity index (χ1n) is 7.14. The van der Waals surface area contributed by atoms with E-state index in [1.165, 1.54) is 19.0 Å². The highest BCUT2D eigenvalue weighted by Gasteiger charge is 2.22. The van der Waals surface area contributed by atoms with Crippen molar-refractivity contribution >= 4 is 16.9 Å². The van der Waals surface area contributed by atoms with Crippen molar-refractivity contribution < 1.29 is 14.3 Å². The zero-order chi connectivity index (χ0) is 14.8. The molecule has 1 fully saturated rings. The van der Waals surface area contributed by atoms with Crippen molar-refractivity contribution in [2.45, 2.75) is 19.8 Å². The summed E-state index contributed by atoms with van der Waals surface area (Å²) in [7, 11) is 0. The smallest absolute Gasteiger partial charge is 0.343 e. The van der Waals surface area contributed by atoms with Crippen molar-refractivity contribution in [3.8, 4) is 5.75 Å². The highest BCUT2D eigenvalue weighted by atomic mass is 16.5. The van der Waals surface area contributed by atoms with Gasteiger partial charge in [-0.2, -0.15) is 0 Å². The van der Waals surface area contributed by atoms with E-state index in [-0.39, 0.29) is 17.6 Å². The molecule has 0 saturated heterocycles. The molecule has 0 spiro atoms. The van der Waals surface area contributed by atoms with Crippen molar-refractivity contribution in [1.29, 1.82) is 0 Å². The lowest BCUT2D eigenvalue weighted by atomic mass is 10.1. The molecule has 1 aliphatic rings. The zero-order valence-corrected chi connectivity index (χ0v) is 11.8. The summed E-state index contributed by atoms with van der Waals surface area (Å²) in [5.74, 6) is 0.690. The Balaban J connectivity index is 1.95. The van der Waals surface area contributed by atoms with E-state index in [1.54, 1.807) is 19.1 Å². The maximum absolute atomic E-state index is 12.4. The van der Waals surface area contributed by atoms with Crippen LogP contribution in [0, 0.1) is 5.92 Å². The molecule has 3 rings (SSSR count). The molecule has 1 aliphatic carbocycles. The van der Waals surface area contributed by atoms with Crippen molar-refractivity contribution in [2.75, 3.05) is 13.2 Å². The maximum atomic E-state index is 12.4.